The summed E-state index contributed by atoms with van der Waals surface area (Å²) in [6.45, 7) is 0.357. The van der Waals surface area contributed by atoms with Gasteiger partial charge in [-0.25, -0.2) is 4.68 Å². The van der Waals surface area contributed by atoms with Crippen molar-refractivity contribution in [1.29, 1.82) is 0 Å². The smallest absolute Gasteiger partial charge is 0.156 e. The van der Waals surface area contributed by atoms with Gasteiger partial charge in [0.05, 0.1) is 21.9 Å². The fourth-order valence-electron chi connectivity index (χ4n) is 1.93. The molecule has 0 radical (unpaired) electrons. The number of nitrogens with zero attached hydrogens (tertiary/aromatic N) is 2. The van der Waals surface area contributed by atoms with E-state index in [4.69, 9.17) is 27.9 Å². The zero-order chi connectivity index (χ0) is 14.7. The van der Waals surface area contributed by atoms with E-state index < -0.39 is 0 Å². The minimum Gasteiger partial charge on any atom is -0.486 e. The summed E-state index contributed by atoms with van der Waals surface area (Å²) in [7, 11) is 0. The Hall–Kier alpha value is -1.97. The average molecular weight is 319 g/mol. The second-order valence-electron chi connectivity index (χ2n) is 4.47. The van der Waals surface area contributed by atoms with E-state index in [1.165, 1.54) is 0 Å². The third-order valence-electron chi connectivity index (χ3n) is 2.96. The van der Waals surface area contributed by atoms with Crippen molar-refractivity contribution < 1.29 is 4.74 Å². The Bertz CT molecular complexity index is 721. The molecule has 0 saturated heterocycles. The number of para-hydroxylation sites is 2. The Kier molecular flexibility index (Phi) is 4.13. The lowest BCUT2D eigenvalue weighted by Gasteiger charge is -2.08. The van der Waals surface area contributed by atoms with Gasteiger partial charge in [-0.2, -0.15) is 5.10 Å². The van der Waals surface area contributed by atoms with Gasteiger partial charge in [-0.05, 0) is 24.3 Å². The molecule has 21 heavy (non-hydrogen) atoms. The predicted molar refractivity (Wildman–Crippen MR) is 84.4 cm³/mol. The van der Waals surface area contributed by atoms with Crippen LogP contribution in [-0.4, -0.2) is 9.78 Å². The molecular formula is C16H12Cl2N2O. The quantitative estimate of drug-likeness (QED) is 0.693. The fourth-order valence-corrected chi connectivity index (χ4v) is 2.44. The summed E-state index contributed by atoms with van der Waals surface area (Å²) < 4.78 is 7.48. The second kappa shape index (κ2) is 6.20. The molecule has 3 rings (SSSR count). The van der Waals surface area contributed by atoms with Crippen molar-refractivity contribution in [2.45, 2.75) is 6.61 Å². The summed E-state index contributed by atoms with van der Waals surface area (Å²) in [6, 6.07) is 15.2. The highest BCUT2D eigenvalue weighted by Crippen LogP contribution is 2.32. The van der Waals surface area contributed by atoms with Gasteiger partial charge in [0.2, 0.25) is 0 Å². The van der Waals surface area contributed by atoms with Crippen LogP contribution in [0.1, 0.15) is 5.56 Å². The van der Waals surface area contributed by atoms with Crippen molar-refractivity contribution in [3.63, 3.8) is 0 Å². The number of hydrogen-bond acceptors (Lipinski definition) is 2. The summed E-state index contributed by atoms with van der Waals surface area (Å²) in [6.07, 6.45) is 3.68. The summed E-state index contributed by atoms with van der Waals surface area (Å²) in [5.41, 5.74) is 1.94. The molecule has 3 aromatic rings. The monoisotopic (exact) mass is 318 g/mol. The van der Waals surface area contributed by atoms with Gasteiger partial charge in [0.1, 0.15) is 6.61 Å². The van der Waals surface area contributed by atoms with Crippen LogP contribution in [0.15, 0.2) is 60.9 Å². The van der Waals surface area contributed by atoms with Gasteiger partial charge in [-0.15, -0.1) is 0 Å². The van der Waals surface area contributed by atoms with Crippen molar-refractivity contribution >= 4 is 23.2 Å². The maximum absolute atomic E-state index is 6.07. The highest BCUT2D eigenvalue weighted by molar-refractivity contribution is 6.37. The second-order valence-corrected chi connectivity index (χ2v) is 5.28. The Balaban J connectivity index is 1.74. The highest BCUT2D eigenvalue weighted by Gasteiger charge is 2.08. The zero-order valence-corrected chi connectivity index (χ0v) is 12.6. The zero-order valence-electron chi connectivity index (χ0n) is 11.0. The van der Waals surface area contributed by atoms with Gasteiger partial charge >= 0.3 is 0 Å². The summed E-state index contributed by atoms with van der Waals surface area (Å²) >= 11 is 12.1. The Morgan fingerprint density at radius 3 is 2.38 bits per heavy atom. The van der Waals surface area contributed by atoms with Gasteiger partial charge < -0.3 is 4.74 Å². The van der Waals surface area contributed by atoms with Gasteiger partial charge in [-0.3, -0.25) is 0 Å². The number of hydrogen-bond donors (Lipinski definition) is 0. The number of benzene rings is 2. The summed E-state index contributed by atoms with van der Waals surface area (Å²) in [4.78, 5) is 0. The van der Waals surface area contributed by atoms with Crippen LogP contribution in [0.2, 0.25) is 10.0 Å². The Morgan fingerprint density at radius 2 is 1.67 bits per heavy atom. The van der Waals surface area contributed by atoms with E-state index in [1.54, 1.807) is 29.1 Å². The molecule has 5 heteroatoms. The average Bonchev–Trinajstić information content (AvgIpc) is 2.97. The van der Waals surface area contributed by atoms with Gasteiger partial charge in [0, 0.05) is 11.8 Å². The summed E-state index contributed by atoms with van der Waals surface area (Å²) in [5, 5.41) is 5.31. The molecule has 3 nitrogen and oxygen atoms in total. The minimum absolute atomic E-state index is 0.357. The normalized spacial score (nSPS) is 10.6. The van der Waals surface area contributed by atoms with Crippen molar-refractivity contribution in [2.75, 3.05) is 0 Å². The standard InChI is InChI=1S/C16H12Cl2N2O/c17-14-7-4-8-15(18)16(14)21-11-12-9-19-20(10-12)13-5-2-1-3-6-13/h1-10H,11H2. The van der Waals surface area contributed by atoms with Crippen LogP contribution in [0.5, 0.6) is 5.75 Å². The highest BCUT2D eigenvalue weighted by atomic mass is 35.5. The molecule has 2 aromatic carbocycles. The van der Waals surface area contributed by atoms with Crippen LogP contribution in [0, 0.1) is 0 Å². The molecule has 0 atom stereocenters. The van der Waals surface area contributed by atoms with E-state index in [9.17, 15) is 0 Å². The van der Waals surface area contributed by atoms with E-state index in [0.29, 0.717) is 22.4 Å². The molecule has 1 heterocycles. The van der Waals surface area contributed by atoms with Crippen LogP contribution in [-0.2, 0) is 6.61 Å². The first kappa shape index (κ1) is 14.0. The molecule has 1 aromatic heterocycles. The Morgan fingerprint density at radius 1 is 0.952 bits per heavy atom. The molecule has 0 bridgehead atoms. The lowest BCUT2D eigenvalue weighted by Crippen LogP contribution is -1.96. The lowest BCUT2D eigenvalue weighted by atomic mass is 10.3. The largest absolute Gasteiger partial charge is 0.486 e. The first-order chi connectivity index (χ1) is 10.2. The third kappa shape index (κ3) is 3.20. The van der Waals surface area contributed by atoms with E-state index in [2.05, 4.69) is 5.10 Å². The van der Waals surface area contributed by atoms with Crippen molar-refractivity contribution in [3.05, 3.63) is 76.5 Å². The van der Waals surface area contributed by atoms with Crippen molar-refractivity contribution in [1.82, 2.24) is 9.78 Å². The first-order valence-corrected chi connectivity index (χ1v) is 7.15. The van der Waals surface area contributed by atoms with E-state index in [-0.39, 0.29) is 0 Å². The minimum atomic E-state index is 0.357. The molecule has 0 unspecified atom stereocenters. The molecule has 0 aliphatic rings. The van der Waals surface area contributed by atoms with Crippen LogP contribution in [0.4, 0.5) is 0 Å². The van der Waals surface area contributed by atoms with E-state index >= 15 is 0 Å². The molecule has 0 amide bonds. The number of ether oxygens (including phenoxy) is 1. The molecule has 0 N–H and O–H groups in total. The topological polar surface area (TPSA) is 27.1 Å². The summed E-state index contributed by atoms with van der Waals surface area (Å²) in [5.74, 6) is 0.494. The first-order valence-electron chi connectivity index (χ1n) is 6.40. The molecule has 0 aliphatic heterocycles. The molecular weight excluding hydrogens is 307 g/mol. The van der Waals surface area contributed by atoms with Gasteiger partial charge in [-0.1, -0.05) is 47.5 Å². The van der Waals surface area contributed by atoms with Gasteiger partial charge in [0.25, 0.3) is 0 Å². The molecule has 0 spiro atoms. The van der Waals surface area contributed by atoms with Gasteiger partial charge in [0.15, 0.2) is 5.75 Å². The van der Waals surface area contributed by atoms with E-state index in [1.807, 2.05) is 36.5 Å². The SMILES string of the molecule is Clc1cccc(Cl)c1OCc1cnn(-c2ccccc2)c1. The number of halogens is 2. The number of aromatic nitrogens is 2. The molecule has 0 aliphatic carbocycles. The van der Waals surface area contributed by atoms with Crippen molar-refractivity contribution in [3.8, 4) is 11.4 Å². The van der Waals surface area contributed by atoms with Crippen molar-refractivity contribution in [2.24, 2.45) is 0 Å². The van der Waals surface area contributed by atoms with Crippen LogP contribution >= 0.6 is 23.2 Å². The predicted octanol–water partition coefficient (Wildman–Crippen LogP) is 4.76. The third-order valence-corrected chi connectivity index (χ3v) is 3.55. The molecule has 106 valence electrons. The maximum Gasteiger partial charge on any atom is 0.156 e. The fraction of sp³-hybridized carbons (Fsp3) is 0.0625. The molecule has 0 saturated carbocycles. The lowest BCUT2D eigenvalue weighted by molar-refractivity contribution is 0.306. The maximum atomic E-state index is 6.07. The number of rotatable bonds is 4. The van der Waals surface area contributed by atoms with Crippen LogP contribution < -0.4 is 4.74 Å². The van der Waals surface area contributed by atoms with Crippen LogP contribution in [0.25, 0.3) is 5.69 Å². The molecule has 0 fully saturated rings. The Labute approximate surface area is 132 Å². The van der Waals surface area contributed by atoms with E-state index in [0.717, 1.165) is 11.3 Å². The van der Waals surface area contributed by atoms with Crippen LogP contribution in [0.3, 0.4) is 0 Å².